The number of carbonyl (C=O) groups is 1. The van der Waals surface area contributed by atoms with Gasteiger partial charge in [0.15, 0.2) is 0 Å². The van der Waals surface area contributed by atoms with Crippen LogP contribution in [0.4, 0.5) is 0 Å². The second-order valence-electron chi connectivity index (χ2n) is 6.00. The molecule has 1 amide bonds. The second-order valence-corrected chi connectivity index (χ2v) is 6.00. The molecule has 2 atom stereocenters. The topological polar surface area (TPSA) is 82.6 Å². The standard InChI is InChI=1S/C18H20N2O4/c1-11-15(6-7-17(22)19-11)18(23)20-10-13(21)9-16(20)12-4-3-5-14(8-12)24-2/h3-8,13,16,21H,9-10H2,1-2H3,(H,19,22). The van der Waals surface area contributed by atoms with Crippen LogP contribution in [0.3, 0.4) is 0 Å². The summed E-state index contributed by atoms with van der Waals surface area (Å²) in [5, 5.41) is 10.1. The molecule has 126 valence electrons. The number of methoxy groups -OCH3 is 1. The summed E-state index contributed by atoms with van der Waals surface area (Å²) in [5.74, 6) is 0.509. The van der Waals surface area contributed by atoms with Crippen LogP contribution in [-0.4, -0.2) is 40.7 Å². The van der Waals surface area contributed by atoms with Gasteiger partial charge < -0.3 is 19.7 Å². The van der Waals surface area contributed by atoms with E-state index in [1.807, 2.05) is 24.3 Å². The van der Waals surface area contributed by atoms with Gasteiger partial charge in [-0.25, -0.2) is 0 Å². The van der Waals surface area contributed by atoms with E-state index < -0.39 is 6.10 Å². The molecule has 2 aromatic rings. The Kier molecular flexibility index (Phi) is 4.40. The molecule has 0 bridgehead atoms. The molecular formula is C18H20N2O4. The fourth-order valence-corrected chi connectivity index (χ4v) is 3.17. The number of aliphatic hydroxyl groups is 1. The lowest BCUT2D eigenvalue weighted by molar-refractivity contribution is 0.0714. The minimum atomic E-state index is -0.576. The highest BCUT2D eigenvalue weighted by Crippen LogP contribution is 2.34. The van der Waals surface area contributed by atoms with E-state index in [0.29, 0.717) is 23.4 Å². The zero-order valence-corrected chi connectivity index (χ0v) is 13.7. The van der Waals surface area contributed by atoms with Crippen molar-refractivity contribution < 1.29 is 14.6 Å². The quantitative estimate of drug-likeness (QED) is 0.897. The van der Waals surface area contributed by atoms with Crippen molar-refractivity contribution in [2.24, 2.45) is 0 Å². The van der Waals surface area contributed by atoms with E-state index in [4.69, 9.17) is 4.74 Å². The predicted octanol–water partition coefficient (Wildman–Crippen LogP) is 1.64. The smallest absolute Gasteiger partial charge is 0.256 e. The van der Waals surface area contributed by atoms with Gasteiger partial charge in [-0.05, 0) is 37.1 Å². The van der Waals surface area contributed by atoms with Crippen LogP contribution >= 0.6 is 0 Å². The molecule has 24 heavy (non-hydrogen) atoms. The van der Waals surface area contributed by atoms with E-state index in [0.717, 1.165) is 5.56 Å². The van der Waals surface area contributed by atoms with Gasteiger partial charge in [-0.3, -0.25) is 9.59 Å². The van der Waals surface area contributed by atoms with Gasteiger partial charge in [0.05, 0.1) is 24.8 Å². The summed E-state index contributed by atoms with van der Waals surface area (Å²) in [4.78, 5) is 28.6. The first kappa shape index (κ1) is 16.3. The number of benzene rings is 1. The highest BCUT2D eigenvalue weighted by molar-refractivity contribution is 5.95. The molecule has 6 nitrogen and oxygen atoms in total. The van der Waals surface area contributed by atoms with Gasteiger partial charge >= 0.3 is 0 Å². The van der Waals surface area contributed by atoms with Crippen molar-refractivity contribution in [3.63, 3.8) is 0 Å². The van der Waals surface area contributed by atoms with Crippen molar-refractivity contribution >= 4 is 5.91 Å². The Balaban J connectivity index is 1.95. The summed E-state index contributed by atoms with van der Waals surface area (Å²) < 4.78 is 5.25. The zero-order chi connectivity index (χ0) is 17.3. The van der Waals surface area contributed by atoms with Crippen LogP contribution in [0.1, 0.15) is 34.1 Å². The maximum atomic E-state index is 12.9. The van der Waals surface area contributed by atoms with E-state index in [1.165, 1.54) is 12.1 Å². The van der Waals surface area contributed by atoms with Crippen LogP contribution in [0.25, 0.3) is 0 Å². The number of aromatic nitrogens is 1. The van der Waals surface area contributed by atoms with Crippen LogP contribution in [0.15, 0.2) is 41.2 Å². The molecule has 1 aliphatic rings. The molecule has 0 radical (unpaired) electrons. The molecule has 1 fully saturated rings. The van der Waals surface area contributed by atoms with Crippen LogP contribution in [0.2, 0.25) is 0 Å². The molecule has 6 heteroatoms. The van der Waals surface area contributed by atoms with Crippen LogP contribution in [0.5, 0.6) is 5.75 Å². The van der Waals surface area contributed by atoms with Crippen LogP contribution in [-0.2, 0) is 0 Å². The molecule has 0 aliphatic carbocycles. The number of nitrogens with zero attached hydrogens (tertiary/aromatic N) is 1. The third kappa shape index (κ3) is 3.05. The molecule has 0 saturated carbocycles. The van der Waals surface area contributed by atoms with Gasteiger partial charge in [0, 0.05) is 18.3 Å². The van der Waals surface area contributed by atoms with Gasteiger partial charge in [0.25, 0.3) is 5.91 Å². The van der Waals surface area contributed by atoms with Gasteiger partial charge in [0.1, 0.15) is 5.75 Å². The average molecular weight is 328 g/mol. The molecule has 3 rings (SSSR count). The Hall–Kier alpha value is -2.60. The van der Waals surface area contributed by atoms with Crippen LogP contribution in [0, 0.1) is 6.92 Å². The van der Waals surface area contributed by atoms with Crippen molar-refractivity contribution in [3.8, 4) is 5.75 Å². The van der Waals surface area contributed by atoms with Crippen molar-refractivity contribution in [3.05, 3.63) is 63.6 Å². The Labute approximate surface area is 139 Å². The summed E-state index contributed by atoms with van der Waals surface area (Å²) in [6, 6.07) is 10.2. The fourth-order valence-electron chi connectivity index (χ4n) is 3.17. The molecule has 1 aromatic heterocycles. The van der Waals surface area contributed by atoms with Crippen LogP contribution < -0.4 is 10.3 Å². The Morgan fingerprint density at radius 2 is 2.12 bits per heavy atom. The van der Waals surface area contributed by atoms with Crippen molar-refractivity contribution in [2.75, 3.05) is 13.7 Å². The minimum absolute atomic E-state index is 0.201. The number of aromatic amines is 1. The number of hydrogen-bond acceptors (Lipinski definition) is 4. The number of nitrogens with one attached hydrogen (secondary N) is 1. The van der Waals surface area contributed by atoms with Gasteiger partial charge in [0.2, 0.25) is 5.56 Å². The van der Waals surface area contributed by atoms with Gasteiger partial charge in [-0.1, -0.05) is 12.1 Å². The van der Waals surface area contributed by atoms with Crippen molar-refractivity contribution in [1.82, 2.24) is 9.88 Å². The predicted molar refractivity (Wildman–Crippen MR) is 89.2 cm³/mol. The number of amides is 1. The normalized spacial score (nSPS) is 20.2. The van der Waals surface area contributed by atoms with Gasteiger partial charge in [-0.15, -0.1) is 0 Å². The Bertz CT molecular complexity index is 815. The number of β-amino-alcohol motifs (C(OH)–C–C–N with tert-alkyl or cyclic N) is 1. The van der Waals surface area contributed by atoms with E-state index >= 15 is 0 Å². The zero-order valence-electron chi connectivity index (χ0n) is 13.7. The van der Waals surface area contributed by atoms with Gasteiger partial charge in [-0.2, -0.15) is 0 Å². The number of ether oxygens (including phenoxy) is 1. The lowest BCUT2D eigenvalue weighted by atomic mass is 10.0. The lowest BCUT2D eigenvalue weighted by Crippen LogP contribution is -2.33. The van der Waals surface area contributed by atoms with Crippen molar-refractivity contribution in [1.29, 1.82) is 0 Å². The Morgan fingerprint density at radius 3 is 2.83 bits per heavy atom. The molecular weight excluding hydrogens is 308 g/mol. The molecule has 2 N–H and O–H groups in total. The number of aliphatic hydroxyl groups excluding tert-OH is 1. The molecule has 0 spiro atoms. The summed E-state index contributed by atoms with van der Waals surface area (Å²) >= 11 is 0. The van der Waals surface area contributed by atoms with E-state index in [2.05, 4.69) is 4.98 Å². The summed E-state index contributed by atoms with van der Waals surface area (Å²) in [7, 11) is 1.59. The monoisotopic (exact) mass is 328 g/mol. The number of H-pyrrole nitrogens is 1. The second kappa shape index (κ2) is 6.49. The number of pyridine rings is 1. The largest absolute Gasteiger partial charge is 0.497 e. The number of likely N-dealkylation sites (tertiary alicyclic amines) is 1. The maximum Gasteiger partial charge on any atom is 0.256 e. The minimum Gasteiger partial charge on any atom is -0.497 e. The van der Waals surface area contributed by atoms with E-state index in [9.17, 15) is 14.7 Å². The molecule has 2 heterocycles. The molecule has 2 unspecified atom stereocenters. The first-order chi connectivity index (χ1) is 11.5. The Morgan fingerprint density at radius 1 is 1.33 bits per heavy atom. The highest BCUT2D eigenvalue weighted by Gasteiger charge is 2.36. The number of aryl methyl sites for hydroxylation is 1. The summed E-state index contributed by atoms with van der Waals surface area (Å²) in [5.41, 5.74) is 1.64. The fraction of sp³-hybridized carbons (Fsp3) is 0.333. The van der Waals surface area contributed by atoms with E-state index in [-0.39, 0.29) is 24.1 Å². The number of hydrogen-bond donors (Lipinski definition) is 2. The third-order valence-corrected chi connectivity index (χ3v) is 4.36. The summed E-state index contributed by atoms with van der Waals surface area (Å²) in [6.07, 6.45) is -0.102. The molecule has 1 aromatic carbocycles. The lowest BCUT2D eigenvalue weighted by Gasteiger charge is -2.25. The number of rotatable bonds is 3. The van der Waals surface area contributed by atoms with E-state index in [1.54, 1.807) is 18.9 Å². The maximum absolute atomic E-state index is 12.9. The highest BCUT2D eigenvalue weighted by atomic mass is 16.5. The molecule has 1 aliphatic heterocycles. The molecule has 1 saturated heterocycles. The number of carbonyl (C=O) groups excluding carboxylic acids is 1. The average Bonchev–Trinajstić information content (AvgIpc) is 2.96. The first-order valence-electron chi connectivity index (χ1n) is 7.82. The summed E-state index contributed by atoms with van der Waals surface area (Å²) in [6.45, 7) is 1.96. The van der Waals surface area contributed by atoms with Crippen molar-refractivity contribution in [2.45, 2.75) is 25.5 Å². The third-order valence-electron chi connectivity index (χ3n) is 4.36. The first-order valence-corrected chi connectivity index (χ1v) is 7.82. The SMILES string of the molecule is COc1cccc(C2CC(O)CN2C(=O)c2ccc(=O)[nH]c2C)c1.